The van der Waals surface area contributed by atoms with Crippen molar-refractivity contribution < 1.29 is 23.9 Å². The lowest BCUT2D eigenvalue weighted by Gasteiger charge is -2.29. The van der Waals surface area contributed by atoms with E-state index < -0.39 is 12.1 Å². The van der Waals surface area contributed by atoms with E-state index in [0.29, 0.717) is 17.0 Å². The van der Waals surface area contributed by atoms with Crippen LogP contribution >= 0.6 is 0 Å². The van der Waals surface area contributed by atoms with E-state index in [0.717, 1.165) is 11.1 Å². The van der Waals surface area contributed by atoms with E-state index in [4.69, 9.17) is 9.47 Å². The van der Waals surface area contributed by atoms with Crippen molar-refractivity contribution in [2.24, 2.45) is 0 Å². The summed E-state index contributed by atoms with van der Waals surface area (Å²) in [7, 11) is 0. The quantitative estimate of drug-likeness (QED) is 0.567. The molecule has 1 heterocycles. The maximum absolute atomic E-state index is 12.5. The largest absolute Gasteiger partial charge is 0.482 e. The molecule has 2 aromatic rings. The Hall–Kier alpha value is -3.15. The molecular formula is C22H23NO5. The number of para-hydroxylation sites is 2. The molecule has 6 nitrogen and oxygen atoms in total. The van der Waals surface area contributed by atoms with Crippen molar-refractivity contribution in [1.82, 2.24) is 0 Å². The van der Waals surface area contributed by atoms with Crippen LogP contribution in [0, 0.1) is 13.8 Å². The second-order valence-electron chi connectivity index (χ2n) is 6.85. The van der Waals surface area contributed by atoms with Gasteiger partial charge in [0.25, 0.3) is 5.91 Å². The van der Waals surface area contributed by atoms with Crippen molar-refractivity contribution in [2.75, 3.05) is 18.1 Å². The number of carbonyl (C=O) groups is 3. The summed E-state index contributed by atoms with van der Waals surface area (Å²) in [5, 5.41) is 0. The summed E-state index contributed by atoms with van der Waals surface area (Å²) in [6, 6.07) is 12.6. The predicted molar refractivity (Wildman–Crippen MR) is 105 cm³/mol. The lowest BCUT2D eigenvalue weighted by molar-refractivity contribution is -0.146. The number of ketones is 1. The fraction of sp³-hybridized carbons (Fsp3) is 0.318. The third-order valence-corrected chi connectivity index (χ3v) is 4.82. The van der Waals surface area contributed by atoms with Crippen LogP contribution in [0.3, 0.4) is 0 Å². The first-order valence-corrected chi connectivity index (χ1v) is 9.20. The number of amides is 1. The highest BCUT2D eigenvalue weighted by atomic mass is 16.5. The van der Waals surface area contributed by atoms with Crippen molar-refractivity contribution in [2.45, 2.75) is 33.3 Å². The monoisotopic (exact) mass is 381 g/mol. The lowest BCUT2D eigenvalue weighted by atomic mass is 10.0. The van der Waals surface area contributed by atoms with Gasteiger partial charge in [0.2, 0.25) is 5.78 Å². The van der Waals surface area contributed by atoms with Gasteiger partial charge in [-0.05, 0) is 50.1 Å². The second-order valence-corrected chi connectivity index (χ2v) is 6.85. The summed E-state index contributed by atoms with van der Waals surface area (Å²) in [5.41, 5.74) is 3.25. The standard InChI is InChI=1S/C22H23NO5/c1-14-8-9-17(12-15(14)2)22(26)16(3)28-21(25)10-11-23-18-6-4-5-7-19(18)27-13-20(23)24/h4-9,12,16H,10-11,13H2,1-3H3. The summed E-state index contributed by atoms with van der Waals surface area (Å²) >= 11 is 0. The van der Waals surface area contributed by atoms with E-state index in [1.54, 1.807) is 37.3 Å². The zero-order valence-corrected chi connectivity index (χ0v) is 16.2. The lowest BCUT2D eigenvalue weighted by Crippen LogP contribution is -2.40. The highest BCUT2D eigenvalue weighted by Crippen LogP contribution is 2.31. The van der Waals surface area contributed by atoms with Crippen molar-refractivity contribution >= 4 is 23.3 Å². The predicted octanol–water partition coefficient (Wildman–Crippen LogP) is 3.23. The SMILES string of the molecule is Cc1ccc(C(=O)C(C)OC(=O)CCN2C(=O)COc3ccccc32)cc1C. The fourth-order valence-corrected chi connectivity index (χ4v) is 3.04. The number of esters is 1. The van der Waals surface area contributed by atoms with Gasteiger partial charge < -0.3 is 14.4 Å². The Morgan fingerprint density at radius 3 is 2.64 bits per heavy atom. The number of Topliss-reactive ketones (excluding diaryl/α,β-unsaturated/α-hetero) is 1. The zero-order chi connectivity index (χ0) is 20.3. The number of carbonyl (C=O) groups excluding carboxylic acids is 3. The van der Waals surface area contributed by atoms with E-state index in [-0.39, 0.29) is 31.3 Å². The molecule has 3 rings (SSSR count). The van der Waals surface area contributed by atoms with Crippen LogP contribution in [0.5, 0.6) is 5.75 Å². The van der Waals surface area contributed by atoms with Crippen LogP contribution in [-0.4, -0.2) is 36.9 Å². The number of fused-ring (bicyclic) bond motifs is 1. The number of anilines is 1. The molecule has 0 aliphatic carbocycles. The first-order valence-electron chi connectivity index (χ1n) is 9.20. The van der Waals surface area contributed by atoms with E-state index in [1.807, 2.05) is 26.0 Å². The Morgan fingerprint density at radius 2 is 1.89 bits per heavy atom. The van der Waals surface area contributed by atoms with Crippen molar-refractivity contribution in [3.8, 4) is 5.75 Å². The highest BCUT2D eigenvalue weighted by molar-refractivity contribution is 6.00. The Labute approximate surface area is 164 Å². The number of rotatable bonds is 6. The molecule has 1 atom stereocenters. The molecule has 0 radical (unpaired) electrons. The molecule has 0 aromatic heterocycles. The smallest absolute Gasteiger partial charge is 0.308 e. The van der Waals surface area contributed by atoms with Gasteiger partial charge in [0.1, 0.15) is 5.75 Å². The molecule has 146 valence electrons. The van der Waals surface area contributed by atoms with E-state index in [2.05, 4.69) is 0 Å². The van der Waals surface area contributed by atoms with E-state index in [1.165, 1.54) is 4.90 Å². The minimum atomic E-state index is -0.887. The molecule has 1 aliphatic rings. The Kier molecular flexibility index (Phi) is 5.78. The fourth-order valence-electron chi connectivity index (χ4n) is 3.04. The maximum Gasteiger partial charge on any atom is 0.308 e. The molecule has 0 N–H and O–H groups in total. The molecule has 0 bridgehead atoms. The average Bonchev–Trinajstić information content (AvgIpc) is 2.68. The Morgan fingerprint density at radius 1 is 1.14 bits per heavy atom. The van der Waals surface area contributed by atoms with Gasteiger partial charge in [-0.1, -0.05) is 24.3 Å². The number of aryl methyl sites for hydroxylation is 2. The molecule has 0 spiro atoms. The van der Waals surface area contributed by atoms with Crippen molar-refractivity contribution in [3.05, 3.63) is 59.2 Å². The van der Waals surface area contributed by atoms with Gasteiger partial charge >= 0.3 is 5.97 Å². The van der Waals surface area contributed by atoms with Gasteiger partial charge in [-0.2, -0.15) is 0 Å². The van der Waals surface area contributed by atoms with Crippen LogP contribution in [0.4, 0.5) is 5.69 Å². The average molecular weight is 381 g/mol. The van der Waals surface area contributed by atoms with Gasteiger partial charge in [0.05, 0.1) is 12.1 Å². The molecule has 0 saturated heterocycles. The van der Waals surface area contributed by atoms with Gasteiger partial charge in [-0.15, -0.1) is 0 Å². The van der Waals surface area contributed by atoms with E-state index in [9.17, 15) is 14.4 Å². The van der Waals surface area contributed by atoms with Gasteiger partial charge in [-0.3, -0.25) is 14.4 Å². The number of benzene rings is 2. The van der Waals surface area contributed by atoms with Crippen LogP contribution in [0.1, 0.15) is 34.8 Å². The van der Waals surface area contributed by atoms with Crippen molar-refractivity contribution in [3.63, 3.8) is 0 Å². The molecular weight excluding hydrogens is 358 g/mol. The summed E-state index contributed by atoms with van der Waals surface area (Å²) in [5.74, 6) is -0.384. The van der Waals surface area contributed by atoms with Crippen LogP contribution in [0.25, 0.3) is 0 Å². The normalized spacial score (nSPS) is 14.1. The minimum Gasteiger partial charge on any atom is -0.482 e. The molecule has 1 unspecified atom stereocenters. The van der Waals surface area contributed by atoms with Crippen LogP contribution < -0.4 is 9.64 Å². The third kappa shape index (κ3) is 4.22. The summed E-state index contributed by atoms with van der Waals surface area (Å²) in [6.45, 7) is 5.57. The molecule has 0 saturated carbocycles. The Balaban J connectivity index is 1.59. The summed E-state index contributed by atoms with van der Waals surface area (Å²) in [4.78, 5) is 38.4. The number of hydrogen-bond donors (Lipinski definition) is 0. The maximum atomic E-state index is 12.5. The van der Waals surface area contributed by atoms with Crippen LogP contribution in [0.15, 0.2) is 42.5 Å². The number of hydrogen-bond acceptors (Lipinski definition) is 5. The molecule has 2 aromatic carbocycles. The van der Waals surface area contributed by atoms with E-state index >= 15 is 0 Å². The molecule has 6 heteroatoms. The van der Waals surface area contributed by atoms with Gasteiger partial charge in [0.15, 0.2) is 12.7 Å². The number of nitrogens with zero attached hydrogens (tertiary/aromatic N) is 1. The van der Waals surface area contributed by atoms with Crippen molar-refractivity contribution in [1.29, 1.82) is 0 Å². The molecule has 0 fully saturated rings. The highest BCUT2D eigenvalue weighted by Gasteiger charge is 2.26. The molecule has 1 amide bonds. The third-order valence-electron chi connectivity index (χ3n) is 4.82. The Bertz CT molecular complexity index is 921. The first-order chi connectivity index (χ1) is 13.4. The zero-order valence-electron chi connectivity index (χ0n) is 16.2. The summed E-state index contributed by atoms with van der Waals surface area (Å²) < 4.78 is 10.7. The molecule has 28 heavy (non-hydrogen) atoms. The minimum absolute atomic E-state index is 0.00931. The van der Waals surface area contributed by atoms with Gasteiger partial charge in [-0.25, -0.2) is 0 Å². The van der Waals surface area contributed by atoms with Crippen LogP contribution in [-0.2, 0) is 14.3 Å². The topological polar surface area (TPSA) is 72.9 Å². The number of ether oxygens (including phenoxy) is 2. The summed E-state index contributed by atoms with van der Waals surface area (Å²) in [6.07, 6.45) is -0.896. The second kappa shape index (κ2) is 8.25. The molecule has 1 aliphatic heterocycles. The van der Waals surface area contributed by atoms with Crippen LogP contribution in [0.2, 0.25) is 0 Å². The first kappa shape index (κ1) is 19.6. The van der Waals surface area contributed by atoms with Gasteiger partial charge in [0, 0.05) is 12.1 Å².